The number of ketones is 1. The van der Waals surface area contributed by atoms with Gasteiger partial charge in [0.2, 0.25) is 0 Å². The summed E-state index contributed by atoms with van der Waals surface area (Å²) in [7, 11) is 0. The Bertz CT molecular complexity index is 602. The van der Waals surface area contributed by atoms with Crippen LogP contribution < -0.4 is 11.1 Å². The lowest BCUT2D eigenvalue weighted by atomic mass is 10.1. The van der Waals surface area contributed by atoms with Gasteiger partial charge in [-0.05, 0) is 30.9 Å². The van der Waals surface area contributed by atoms with Crippen LogP contribution in [0.3, 0.4) is 0 Å². The van der Waals surface area contributed by atoms with Crippen molar-refractivity contribution in [2.24, 2.45) is 5.92 Å². The van der Waals surface area contributed by atoms with Crippen molar-refractivity contribution < 1.29 is 4.79 Å². The summed E-state index contributed by atoms with van der Waals surface area (Å²) in [4.78, 5) is 12.8. The minimum atomic E-state index is 0.226. The van der Waals surface area contributed by atoms with Crippen molar-refractivity contribution in [3.63, 3.8) is 0 Å². The number of rotatable bonds is 6. The number of hydrogen-bond donors (Lipinski definition) is 2. The highest BCUT2D eigenvalue weighted by atomic mass is 32.1. The van der Waals surface area contributed by atoms with Gasteiger partial charge in [-0.15, -0.1) is 11.3 Å². The lowest BCUT2D eigenvalue weighted by molar-refractivity contribution is 0.0972. The first-order chi connectivity index (χ1) is 9.74. The molecule has 1 aliphatic carbocycles. The fraction of sp³-hybridized carbons (Fsp3) is 0.312. The van der Waals surface area contributed by atoms with E-state index >= 15 is 0 Å². The second-order valence-electron chi connectivity index (χ2n) is 5.20. The first-order valence-corrected chi connectivity index (χ1v) is 7.77. The van der Waals surface area contributed by atoms with E-state index in [-0.39, 0.29) is 11.7 Å². The highest BCUT2D eigenvalue weighted by Gasteiger charge is 2.32. The normalized spacial score (nSPS) is 14.2. The van der Waals surface area contributed by atoms with Crippen molar-refractivity contribution in [2.75, 3.05) is 17.6 Å². The largest absolute Gasteiger partial charge is 0.397 e. The molecule has 2 aromatic rings. The van der Waals surface area contributed by atoms with Crippen LogP contribution >= 0.6 is 11.3 Å². The van der Waals surface area contributed by atoms with Gasteiger partial charge >= 0.3 is 0 Å². The molecule has 1 aliphatic rings. The van der Waals surface area contributed by atoms with Crippen LogP contribution in [0.5, 0.6) is 0 Å². The molecule has 0 saturated heterocycles. The predicted molar refractivity (Wildman–Crippen MR) is 84.4 cm³/mol. The summed E-state index contributed by atoms with van der Waals surface area (Å²) >= 11 is 1.49. The number of carbonyl (C=O) groups is 1. The number of Topliss-reactive ketones (excluding diaryl/α,β-unsaturated/α-hetero) is 1. The molecule has 1 saturated carbocycles. The van der Waals surface area contributed by atoms with E-state index in [1.54, 1.807) is 0 Å². The second kappa shape index (κ2) is 5.67. The molecule has 1 aromatic carbocycles. The van der Waals surface area contributed by atoms with Gasteiger partial charge in [-0.25, -0.2) is 0 Å². The van der Waals surface area contributed by atoms with Crippen molar-refractivity contribution in [3.8, 4) is 0 Å². The van der Waals surface area contributed by atoms with Crippen LogP contribution in [0.15, 0.2) is 36.4 Å². The number of nitrogens with two attached hydrogens (primary N) is 1. The molecule has 104 valence electrons. The van der Waals surface area contributed by atoms with E-state index in [1.807, 2.05) is 24.3 Å². The van der Waals surface area contributed by atoms with Crippen LogP contribution in [0.1, 0.15) is 28.1 Å². The van der Waals surface area contributed by atoms with E-state index < -0.39 is 0 Å². The minimum Gasteiger partial charge on any atom is -0.397 e. The number of carbonyl (C=O) groups excluding carboxylic acids is 1. The molecule has 0 radical (unpaired) electrons. The molecule has 3 rings (SSSR count). The highest BCUT2D eigenvalue weighted by Crippen LogP contribution is 2.38. The number of anilines is 2. The van der Waals surface area contributed by atoms with Crippen molar-refractivity contribution >= 4 is 27.8 Å². The summed E-state index contributed by atoms with van der Waals surface area (Å²) in [5, 5.41) is 4.34. The maximum atomic E-state index is 12.0. The van der Waals surface area contributed by atoms with Gasteiger partial charge in [-0.2, -0.15) is 0 Å². The van der Waals surface area contributed by atoms with Gasteiger partial charge in [0.15, 0.2) is 5.78 Å². The summed E-state index contributed by atoms with van der Waals surface area (Å²) < 4.78 is 0. The van der Waals surface area contributed by atoms with E-state index in [4.69, 9.17) is 5.73 Å². The Morgan fingerprint density at radius 2 is 2.05 bits per heavy atom. The minimum absolute atomic E-state index is 0.226. The van der Waals surface area contributed by atoms with Gasteiger partial charge in [0.25, 0.3) is 0 Å². The van der Waals surface area contributed by atoms with Crippen LogP contribution in [0.2, 0.25) is 0 Å². The first kappa shape index (κ1) is 13.2. The molecule has 0 spiro atoms. The molecule has 1 heterocycles. The quantitative estimate of drug-likeness (QED) is 0.798. The van der Waals surface area contributed by atoms with Gasteiger partial charge in [0, 0.05) is 12.5 Å². The Labute approximate surface area is 122 Å². The molecule has 1 fully saturated rings. The molecule has 0 aliphatic heterocycles. The zero-order valence-electron chi connectivity index (χ0n) is 11.3. The summed E-state index contributed by atoms with van der Waals surface area (Å²) in [6, 6.07) is 12.2. The van der Waals surface area contributed by atoms with E-state index in [0.717, 1.165) is 35.7 Å². The third kappa shape index (κ3) is 3.02. The predicted octanol–water partition coefficient (Wildman–Crippen LogP) is 3.58. The molecular formula is C16H18N2OS. The van der Waals surface area contributed by atoms with Crippen molar-refractivity contribution in [1.82, 2.24) is 0 Å². The molecule has 1 aromatic heterocycles. The lowest BCUT2D eigenvalue weighted by Gasteiger charge is -2.03. The Hall–Kier alpha value is -1.81. The molecule has 0 bridgehead atoms. The van der Waals surface area contributed by atoms with E-state index in [0.29, 0.717) is 5.69 Å². The van der Waals surface area contributed by atoms with Crippen LogP contribution in [0.25, 0.3) is 0 Å². The summed E-state index contributed by atoms with van der Waals surface area (Å²) in [6.07, 6.45) is 3.00. The third-order valence-corrected chi connectivity index (χ3v) is 4.61. The zero-order valence-corrected chi connectivity index (χ0v) is 12.1. The van der Waals surface area contributed by atoms with Gasteiger partial charge in [-0.3, -0.25) is 4.79 Å². The molecule has 3 nitrogen and oxygen atoms in total. The second-order valence-corrected chi connectivity index (χ2v) is 6.25. The average molecular weight is 286 g/mol. The first-order valence-electron chi connectivity index (χ1n) is 6.95. The van der Waals surface area contributed by atoms with Gasteiger partial charge < -0.3 is 11.1 Å². The maximum Gasteiger partial charge on any atom is 0.178 e. The van der Waals surface area contributed by atoms with Crippen LogP contribution in [0.4, 0.5) is 10.7 Å². The fourth-order valence-corrected chi connectivity index (χ4v) is 3.21. The molecular weight excluding hydrogens is 268 g/mol. The maximum absolute atomic E-state index is 12.0. The summed E-state index contributed by atoms with van der Waals surface area (Å²) in [6.45, 7) is 0.848. The highest BCUT2D eigenvalue weighted by molar-refractivity contribution is 7.18. The smallest absolute Gasteiger partial charge is 0.178 e. The van der Waals surface area contributed by atoms with Crippen LogP contribution in [0, 0.1) is 5.92 Å². The Balaban J connectivity index is 1.58. The molecule has 0 amide bonds. The average Bonchev–Trinajstić information content (AvgIpc) is 3.24. The third-order valence-electron chi connectivity index (χ3n) is 3.49. The Morgan fingerprint density at radius 1 is 1.30 bits per heavy atom. The summed E-state index contributed by atoms with van der Waals surface area (Å²) in [5.74, 6) is 0.455. The molecule has 20 heavy (non-hydrogen) atoms. The number of nitrogens with one attached hydrogen (secondary N) is 1. The Kier molecular flexibility index (Phi) is 3.74. The number of hydrogen-bond acceptors (Lipinski definition) is 4. The van der Waals surface area contributed by atoms with Crippen LogP contribution in [-0.4, -0.2) is 12.3 Å². The molecule has 3 N–H and O–H groups in total. The zero-order chi connectivity index (χ0) is 13.9. The van der Waals surface area contributed by atoms with E-state index in [9.17, 15) is 4.79 Å². The van der Waals surface area contributed by atoms with Crippen molar-refractivity contribution in [2.45, 2.75) is 19.3 Å². The fourth-order valence-electron chi connectivity index (χ4n) is 2.19. The summed E-state index contributed by atoms with van der Waals surface area (Å²) in [5.41, 5.74) is 7.86. The molecule has 0 unspecified atom stereocenters. The Morgan fingerprint density at radius 3 is 2.75 bits per heavy atom. The molecule has 0 atom stereocenters. The van der Waals surface area contributed by atoms with Gasteiger partial charge in [0.1, 0.15) is 0 Å². The van der Waals surface area contributed by atoms with Crippen molar-refractivity contribution in [1.29, 1.82) is 0 Å². The van der Waals surface area contributed by atoms with Crippen molar-refractivity contribution in [3.05, 3.63) is 46.8 Å². The molecule has 4 heteroatoms. The standard InChI is InChI=1S/C16H18N2OS/c17-13-10-14(20-16(13)15(19)12-6-7-12)18-9-8-11-4-2-1-3-5-11/h1-5,10,12,18H,6-9,17H2. The lowest BCUT2D eigenvalue weighted by Crippen LogP contribution is -2.03. The topological polar surface area (TPSA) is 55.1 Å². The number of thiophene rings is 1. The van der Waals surface area contributed by atoms with Gasteiger partial charge in [-0.1, -0.05) is 30.3 Å². The SMILES string of the molecule is Nc1cc(NCCc2ccccc2)sc1C(=O)C1CC1. The monoisotopic (exact) mass is 286 g/mol. The van der Waals surface area contributed by atoms with Crippen LogP contribution in [-0.2, 0) is 6.42 Å². The number of benzene rings is 1. The van der Waals surface area contributed by atoms with E-state index in [1.165, 1.54) is 16.9 Å². The van der Waals surface area contributed by atoms with Gasteiger partial charge in [0.05, 0.1) is 15.6 Å². The van der Waals surface area contributed by atoms with E-state index in [2.05, 4.69) is 17.4 Å². The number of nitrogen functional groups attached to an aromatic ring is 1.